The zero-order chi connectivity index (χ0) is 20.9. The summed E-state index contributed by atoms with van der Waals surface area (Å²) in [7, 11) is 4.57. The number of hydrogen-bond acceptors (Lipinski definition) is 5. The summed E-state index contributed by atoms with van der Waals surface area (Å²) in [5.41, 5.74) is 0. The quantitative estimate of drug-likeness (QED) is 0.654. The van der Waals surface area contributed by atoms with Gasteiger partial charge < -0.3 is 24.5 Å². The molecule has 0 aromatic rings. The Kier molecular flexibility index (Phi) is 8.49. The Morgan fingerprint density at radius 3 is 1.50 bits per heavy atom. The number of likely N-dealkylation sites (N-methyl/N-ethyl adjacent to an activating group) is 1. The molecule has 0 amide bonds. The number of nitrogens with zero attached hydrogens (tertiary/aromatic N) is 5. The van der Waals surface area contributed by atoms with Gasteiger partial charge in [-0.1, -0.05) is 6.92 Å². The van der Waals surface area contributed by atoms with E-state index in [9.17, 15) is 0 Å². The summed E-state index contributed by atoms with van der Waals surface area (Å²) in [6, 6.07) is 0. The topological polar surface area (TPSA) is 16.2 Å². The molecular weight excluding hydrogens is 370 g/mol. The molecule has 4 aliphatic heterocycles. The van der Waals surface area contributed by atoms with Gasteiger partial charge in [-0.3, -0.25) is 0 Å². The molecule has 4 saturated heterocycles. The first-order chi connectivity index (χ1) is 14.5. The van der Waals surface area contributed by atoms with E-state index in [1.54, 1.807) is 0 Å². The molecule has 4 fully saturated rings. The van der Waals surface area contributed by atoms with Gasteiger partial charge in [-0.25, -0.2) is 0 Å². The summed E-state index contributed by atoms with van der Waals surface area (Å²) in [5.74, 6) is 3.67. The van der Waals surface area contributed by atoms with Gasteiger partial charge in [-0.15, -0.1) is 0 Å². The molecule has 5 nitrogen and oxygen atoms in total. The van der Waals surface area contributed by atoms with Crippen LogP contribution in [0.1, 0.15) is 39.0 Å². The van der Waals surface area contributed by atoms with Crippen LogP contribution in [0.3, 0.4) is 0 Å². The average molecular weight is 420 g/mol. The van der Waals surface area contributed by atoms with Gasteiger partial charge in [-0.2, -0.15) is 0 Å². The highest BCUT2D eigenvalue weighted by molar-refractivity contribution is 4.83. The maximum atomic E-state index is 2.80. The highest BCUT2D eigenvalue weighted by Gasteiger charge is 2.28. The smallest absolute Gasteiger partial charge is 0.0110 e. The minimum absolute atomic E-state index is 0.880. The lowest BCUT2D eigenvalue weighted by Crippen LogP contribution is -2.48. The third kappa shape index (κ3) is 6.90. The molecule has 0 unspecified atom stereocenters. The van der Waals surface area contributed by atoms with Crippen LogP contribution >= 0.6 is 0 Å². The minimum Gasteiger partial charge on any atom is -0.306 e. The van der Waals surface area contributed by atoms with Crippen molar-refractivity contribution in [2.45, 2.75) is 39.0 Å². The lowest BCUT2D eigenvalue weighted by Gasteiger charge is -2.41. The van der Waals surface area contributed by atoms with Crippen LogP contribution in [0.5, 0.6) is 0 Å². The van der Waals surface area contributed by atoms with E-state index in [-0.39, 0.29) is 0 Å². The SMILES string of the molecule is C[C@@H]1C[C@H](CN2CCC(CN3CCC(CN4CCN(C)CC4)CC3)CC2)CN(C)C1. The van der Waals surface area contributed by atoms with Crippen molar-refractivity contribution < 1.29 is 0 Å². The first-order valence-corrected chi connectivity index (χ1v) is 13.1. The van der Waals surface area contributed by atoms with Crippen LogP contribution in [-0.2, 0) is 0 Å². The predicted molar refractivity (Wildman–Crippen MR) is 127 cm³/mol. The maximum absolute atomic E-state index is 2.80. The number of hydrogen-bond donors (Lipinski definition) is 0. The van der Waals surface area contributed by atoms with E-state index < -0.39 is 0 Å². The minimum atomic E-state index is 0.880. The fraction of sp³-hybridized carbons (Fsp3) is 1.00. The number of likely N-dealkylation sites (tertiary alicyclic amines) is 3. The standard InChI is InChI=1S/C25H49N5/c1-22-16-25(18-27(3)17-22)21-29-10-6-23(7-11-29)19-28-8-4-24(5-9-28)20-30-14-12-26(2)13-15-30/h22-25H,4-21H2,1-3H3/t22-,25+/m1/s1. The van der Waals surface area contributed by atoms with Gasteiger partial charge in [0, 0.05) is 58.9 Å². The molecule has 0 aliphatic carbocycles. The van der Waals surface area contributed by atoms with E-state index in [1.807, 2.05) is 0 Å². The van der Waals surface area contributed by atoms with Gasteiger partial charge >= 0.3 is 0 Å². The van der Waals surface area contributed by atoms with Gasteiger partial charge in [0.1, 0.15) is 0 Å². The van der Waals surface area contributed by atoms with E-state index in [4.69, 9.17) is 0 Å². The molecular formula is C25H49N5. The van der Waals surface area contributed by atoms with Crippen LogP contribution < -0.4 is 0 Å². The summed E-state index contributed by atoms with van der Waals surface area (Å²) in [6.45, 7) is 19.6. The van der Waals surface area contributed by atoms with Crippen molar-refractivity contribution in [3.8, 4) is 0 Å². The molecule has 0 radical (unpaired) electrons. The Morgan fingerprint density at radius 1 is 0.533 bits per heavy atom. The molecule has 174 valence electrons. The van der Waals surface area contributed by atoms with Crippen LogP contribution in [-0.4, -0.2) is 124 Å². The summed E-state index contributed by atoms with van der Waals surface area (Å²) in [5, 5.41) is 0. The summed E-state index contributed by atoms with van der Waals surface area (Å²) < 4.78 is 0. The summed E-state index contributed by atoms with van der Waals surface area (Å²) in [6.07, 6.45) is 7.16. The molecule has 0 N–H and O–H groups in total. The molecule has 4 rings (SSSR count). The Labute approximate surface area is 186 Å². The molecule has 0 bridgehead atoms. The lowest BCUT2D eigenvalue weighted by molar-refractivity contribution is 0.0766. The Morgan fingerprint density at radius 2 is 1.00 bits per heavy atom. The third-order valence-corrected chi connectivity index (χ3v) is 8.49. The van der Waals surface area contributed by atoms with Gasteiger partial charge in [0.15, 0.2) is 0 Å². The molecule has 30 heavy (non-hydrogen) atoms. The number of rotatable bonds is 6. The molecule has 4 aliphatic rings. The van der Waals surface area contributed by atoms with E-state index in [2.05, 4.69) is 45.5 Å². The second-order valence-electron chi connectivity index (χ2n) is 11.5. The van der Waals surface area contributed by atoms with E-state index in [1.165, 1.54) is 117 Å². The first-order valence-electron chi connectivity index (χ1n) is 13.1. The zero-order valence-corrected chi connectivity index (χ0v) is 20.3. The molecule has 2 atom stereocenters. The second-order valence-corrected chi connectivity index (χ2v) is 11.5. The molecule has 4 heterocycles. The van der Waals surface area contributed by atoms with Crippen LogP contribution in [0.15, 0.2) is 0 Å². The van der Waals surface area contributed by atoms with Gasteiger partial charge in [0.05, 0.1) is 0 Å². The Bertz CT molecular complexity index is 480. The van der Waals surface area contributed by atoms with Crippen molar-refractivity contribution in [1.82, 2.24) is 24.5 Å². The van der Waals surface area contributed by atoms with Crippen molar-refractivity contribution in [3.05, 3.63) is 0 Å². The lowest BCUT2D eigenvalue weighted by atomic mass is 9.88. The molecule has 0 saturated carbocycles. The van der Waals surface area contributed by atoms with Crippen molar-refractivity contribution in [1.29, 1.82) is 0 Å². The largest absolute Gasteiger partial charge is 0.306 e. The predicted octanol–water partition coefficient (Wildman–Crippen LogP) is 2.25. The van der Waals surface area contributed by atoms with Gasteiger partial charge in [0.2, 0.25) is 0 Å². The van der Waals surface area contributed by atoms with E-state index in [0.29, 0.717) is 0 Å². The highest BCUT2D eigenvalue weighted by Crippen LogP contribution is 2.26. The van der Waals surface area contributed by atoms with Crippen LogP contribution in [0.25, 0.3) is 0 Å². The summed E-state index contributed by atoms with van der Waals surface area (Å²) >= 11 is 0. The van der Waals surface area contributed by atoms with Gasteiger partial charge in [0.25, 0.3) is 0 Å². The van der Waals surface area contributed by atoms with E-state index in [0.717, 1.165) is 23.7 Å². The molecule has 5 heteroatoms. The fourth-order valence-electron chi connectivity index (χ4n) is 6.73. The zero-order valence-electron chi connectivity index (χ0n) is 20.3. The third-order valence-electron chi connectivity index (χ3n) is 8.49. The van der Waals surface area contributed by atoms with Crippen LogP contribution in [0, 0.1) is 23.7 Å². The van der Waals surface area contributed by atoms with Crippen LogP contribution in [0.4, 0.5) is 0 Å². The fourth-order valence-corrected chi connectivity index (χ4v) is 6.73. The molecule has 0 aromatic carbocycles. The average Bonchev–Trinajstić information content (AvgIpc) is 2.72. The van der Waals surface area contributed by atoms with Crippen molar-refractivity contribution >= 4 is 0 Å². The molecule has 0 spiro atoms. The Hall–Kier alpha value is -0.200. The Balaban J connectivity index is 1.09. The first kappa shape index (κ1) is 23.0. The normalized spacial score (nSPS) is 33.3. The van der Waals surface area contributed by atoms with Gasteiger partial charge in [-0.05, 0) is 96.1 Å². The van der Waals surface area contributed by atoms with Crippen molar-refractivity contribution in [2.24, 2.45) is 23.7 Å². The van der Waals surface area contributed by atoms with Crippen LogP contribution in [0.2, 0.25) is 0 Å². The van der Waals surface area contributed by atoms with E-state index >= 15 is 0 Å². The highest BCUT2D eigenvalue weighted by atomic mass is 15.2. The van der Waals surface area contributed by atoms with Crippen molar-refractivity contribution in [2.75, 3.05) is 99.2 Å². The summed E-state index contributed by atoms with van der Waals surface area (Å²) in [4.78, 5) is 13.3. The second kappa shape index (κ2) is 11.1. The molecule has 0 aromatic heterocycles. The van der Waals surface area contributed by atoms with Crippen molar-refractivity contribution in [3.63, 3.8) is 0 Å². The maximum Gasteiger partial charge on any atom is 0.0110 e. The monoisotopic (exact) mass is 419 g/mol. The number of piperidine rings is 3. The number of piperazine rings is 1.